The molecule has 0 saturated carbocycles. The first-order valence-corrected chi connectivity index (χ1v) is 3.45. The zero-order valence-corrected chi connectivity index (χ0v) is 6.65. The van der Waals surface area contributed by atoms with Crippen LogP contribution in [0.15, 0.2) is 18.2 Å². The van der Waals surface area contributed by atoms with Crippen molar-refractivity contribution in [1.29, 1.82) is 0 Å². The highest BCUT2D eigenvalue weighted by atomic mass is 19.4. The van der Waals surface area contributed by atoms with Gasteiger partial charge in [-0.05, 0) is 12.1 Å². The summed E-state index contributed by atoms with van der Waals surface area (Å²) in [6.45, 7) is 0. The van der Waals surface area contributed by atoms with E-state index in [1.807, 2.05) is 0 Å². The number of carbonyl (C=O) groups excluding carboxylic acids is 1. The molecule has 0 heterocycles. The van der Waals surface area contributed by atoms with Crippen molar-refractivity contribution in [1.82, 2.24) is 0 Å². The van der Waals surface area contributed by atoms with E-state index in [9.17, 15) is 22.4 Å². The fourth-order valence-corrected chi connectivity index (χ4v) is 0.938. The molecule has 0 fully saturated rings. The van der Waals surface area contributed by atoms with Gasteiger partial charge < -0.3 is 5.32 Å². The maximum atomic E-state index is 12.8. The molecule has 1 rings (SSSR count). The van der Waals surface area contributed by atoms with Crippen LogP contribution in [-0.2, 0) is 11.0 Å². The summed E-state index contributed by atoms with van der Waals surface area (Å²) in [6.07, 6.45) is -3.71. The Hall–Kier alpha value is -1.59. The van der Waals surface area contributed by atoms with Gasteiger partial charge in [0.2, 0.25) is 0 Å². The van der Waals surface area contributed by atoms with Crippen LogP contribution in [-0.4, -0.2) is 6.41 Å². The number of alkyl halides is 3. The second-order valence-corrected chi connectivity index (χ2v) is 2.39. The highest BCUT2D eigenvalue weighted by molar-refractivity contribution is 5.74. The Kier molecular flexibility index (Phi) is 2.73. The minimum Gasteiger partial charge on any atom is -0.315 e. The summed E-state index contributed by atoms with van der Waals surface area (Å²) < 4.78 is 49.5. The van der Waals surface area contributed by atoms with E-state index >= 15 is 0 Å². The van der Waals surface area contributed by atoms with Crippen molar-refractivity contribution in [3.8, 4) is 0 Å². The van der Waals surface area contributed by atoms with Crippen molar-refractivity contribution in [3.05, 3.63) is 29.6 Å². The van der Waals surface area contributed by atoms with Gasteiger partial charge in [-0.15, -0.1) is 0 Å². The summed E-state index contributed by atoms with van der Waals surface area (Å²) in [7, 11) is 0. The molecule has 0 bridgehead atoms. The van der Waals surface area contributed by atoms with E-state index in [4.69, 9.17) is 0 Å². The molecule has 75 valence electrons. The van der Waals surface area contributed by atoms with Gasteiger partial charge in [-0.25, -0.2) is 4.39 Å². The smallest absolute Gasteiger partial charge is 0.315 e. The maximum absolute atomic E-state index is 12.8. The number of hydrogen-bond donors (Lipinski definition) is 1. The van der Waals surface area contributed by atoms with Crippen LogP contribution in [0.1, 0.15) is 5.56 Å². The lowest BCUT2D eigenvalue weighted by atomic mass is 10.1. The fraction of sp³-hybridized carbons (Fsp3) is 0.125. The van der Waals surface area contributed by atoms with E-state index in [2.05, 4.69) is 0 Å². The molecule has 0 aliphatic rings. The highest BCUT2D eigenvalue weighted by Crippen LogP contribution is 2.35. The molecule has 1 N–H and O–H groups in total. The molecule has 0 aliphatic carbocycles. The van der Waals surface area contributed by atoms with Gasteiger partial charge in [0.1, 0.15) is 5.82 Å². The third-order valence-electron chi connectivity index (χ3n) is 1.50. The predicted molar refractivity (Wildman–Crippen MR) is 40.7 cm³/mol. The Bertz CT molecular complexity index is 348. The van der Waals surface area contributed by atoms with Gasteiger partial charge in [0.25, 0.3) is 0 Å². The van der Waals surface area contributed by atoms with E-state index in [1.54, 1.807) is 5.32 Å². The summed E-state index contributed by atoms with van der Waals surface area (Å²) in [6, 6.07) is 2.39. The molecule has 1 aromatic rings. The SMILES string of the molecule is O=[C]Nc1c(F)cccc1C(F)(F)F. The van der Waals surface area contributed by atoms with Crippen LogP contribution in [0.4, 0.5) is 23.2 Å². The first-order valence-electron chi connectivity index (χ1n) is 3.45. The molecule has 0 saturated heterocycles. The number of benzene rings is 1. The summed E-state index contributed by atoms with van der Waals surface area (Å²) in [5.41, 5.74) is -2.14. The van der Waals surface area contributed by atoms with Crippen LogP contribution in [0, 0.1) is 5.82 Å². The van der Waals surface area contributed by atoms with Crippen LogP contribution in [0.25, 0.3) is 0 Å². The van der Waals surface area contributed by atoms with Crippen LogP contribution in [0.3, 0.4) is 0 Å². The molecule has 0 spiro atoms. The fourth-order valence-electron chi connectivity index (χ4n) is 0.938. The minimum atomic E-state index is -4.71. The number of para-hydroxylation sites is 1. The first kappa shape index (κ1) is 10.5. The van der Waals surface area contributed by atoms with Crippen molar-refractivity contribution in [2.45, 2.75) is 6.18 Å². The molecular weight excluding hydrogens is 202 g/mol. The van der Waals surface area contributed by atoms with Gasteiger partial charge in [-0.3, -0.25) is 4.79 Å². The summed E-state index contributed by atoms with van der Waals surface area (Å²) in [4.78, 5) is 9.84. The van der Waals surface area contributed by atoms with Gasteiger partial charge in [0.05, 0.1) is 11.3 Å². The molecule has 1 amide bonds. The monoisotopic (exact) mass is 206 g/mol. The molecule has 0 atom stereocenters. The first-order chi connectivity index (χ1) is 6.46. The second-order valence-electron chi connectivity index (χ2n) is 2.39. The number of nitrogens with one attached hydrogen (secondary N) is 1. The van der Waals surface area contributed by atoms with Crippen LogP contribution >= 0.6 is 0 Å². The molecule has 2 nitrogen and oxygen atoms in total. The van der Waals surface area contributed by atoms with E-state index in [1.165, 1.54) is 0 Å². The van der Waals surface area contributed by atoms with E-state index in [-0.39, 0.29) is 0 Å². The number of rotatable bonds is 2. The summed E-state index contributed by atoms with van der Waals surface area (Å²) in [5.74, 6) is -1.15. The minimum absolute atomic E-state index is 0.669. The topological polar surface area (TPSA) is 29.1 Å². The normalized spacial score (nSPS) is 11.1. The third kappa shape index (κ3) is 2.01. The Morgan fingerprint density at radius 1 is 1.29 bits per heavy atom. The number of anilines is 1. The van der Waals surface area contributed by atoms with E-state index in [0.717, 1.165) is 18.5 Å². The standard InChI is InChI=1S/C8H4F4NO/c9-6-3-1-2-5(8(10,11)12)7(6)13-4-14/h1-3H,(H,13,14). The van der Waals surface area contributed by atoms with Gasteiger partial charge >= 0.3 is 12.6 Å². The summed E-state index contributed by atoms with van der Waals surface area (Å²) in [5, 5.41) is 1.55. The van der Waals surface area contributed by atoms with Crippen molar-refractivity contribution < 1.29 is 22.4 Å². The predicted octanol–water partition coefficient (Wildman–Crippen LogP) is 2.32. The zero-order chi connectivity index (χ0) is 10.8. The Morgan fingerprint density at radius 3 is 2.43 bits per heavy atom. The molecule has 14 heavy (non-hydrogen) atoms. The van der Waals surface area contributed by atoms with E-state index in [0.29, 0.717) is 6.07 Å². The molecule has 1 aromatic carbocycles. The molecule has 6 heteroatoms. The maximum Gasteiger partial charge on any atom is 0.418 e. The Labute approximate surface area is 76.5 Å². The van der Waals surface area contributed by atoms with Gasteiger partial charge in [-0.2, -0.15) is 13.2 Å². The number of hydrogen-bond acceptors (Lipinski definition) is 1. The zero-order valence-electron chi connectivity index (χ0n) is 6.65. The average molecular weight is 206 g/mol. The van der Waals surface area contributed by atoms with Gasteiger partial charge in [0, 0.05) is 0 Å². The lowest BCUT2D eigenvalue weighted by Gasteiger charge is -2.11. The van der Waals surface area contributed by atoms with Gasteiger partial charge in [0.15, 0.2) is 0 Å². The van der Waals surface area contributed by atoms with Crippen molar-refractivity contribution in [3.63, 3.8) is 0 Å². The van der Waals surface area contributed by atoms with Crippen molar-refractivity contribution in [2.24, 2.45) is 0 Å². The van der Waals surface area contributed by atoms with Crippen molar-refractivity contribution >= 4 is 12.1 Å². The van der Waals surface area contributed by atoms with Crippen molar-refractivity contribution in [2.75, 3.05) is 5.32 Å². The molecule has 1 radical (unpaired) electrons. The quantitative estimate of drug-likeness (QED) is 0.583. The molecule has 0 unspecified atom stereocenters. The van der Waals surface area contributed by atoms with Crippen LogP contribution < -0.4 is 5.32 Å². The Balaban J connectivity index is 3.28. The molecular formula is C8H4F4NO. The lowest BCUT2D eigenvalue weighted by molar-refractivity contribution is -0.137. The van der Waals surface area contributed by atoms with Crippen LogP contribution in [0.5, 0.6) is 0 Å². The highest BCUT2D eigenvalue weighted by Gasteiger charge is 2.34. The number of halogens is 4. The van der Waals surface area contributed by atoms with Gasteiger partial charge in [-0.1, -0.05) is 6.07 Å². The second kappa shape index (κ2) is 3.65. The summed E-state index contributed by atoms with van der Waals surface area (Å²) >= 11 is 0. The average Bonchev–Trinajstić information content (AvgIpc) is 2.07. The molecule has 0 aromatic heterocycles. The largest absolute Gasteiger partial charge is 0.418 e. The third-order valence-corrected chi connectivity index (χ3v) is 1.50. The lowest BCUT2D eigenvalue weighted by Crippen LogP contribution is -2.11. The molecule has 0 aliphatic heterocycles. The number of amides is 1. The van der Waals surface area contributed by atoms with Crippen LogP contribution in [0.2, 0.25) is 0 Å². The Morgan fingerprint density at radius 2 is 1.93 bits per heavy atom. The van der Waals surface area contributed by atoms with E-state index < -0.39 is 23.2 Å².